The summed E-state index contributed by atoms with van der Waals surface area (Å²) >= 11 is 3.44. The van der Waals surface area contributed by atoms with Gasteiger partial charge in [0.15, 0.2) is 0 Å². The summed E-state index contributed by atoms with van der Waals surface area (Å²) in [5.74, 6) is 0.554. The first kappa shape index (κ1) is 14.3. The lowest BCUT2D eigenvalue weighted by molar-refractivity contribution is -0.121. The second-order valence-electron chi connectivity index (χ2n) is 5.52. The fourth-order valence-electron chi connectivity index (χ4n) is 2.47. The molecule has 1 aliphatic rings. The molecule has 5 nitrogen and oxygen atoms in total. The van der Waals surface area contributed by atoms with Crippen LogP contribution >= 0.6 is 15.9 Å². The molecule has 0 aromatic carbocycles. The summed E-state index contributed by atoms with van der Waals surface area (Å²) in [6, 6.07) is 2.08. The second-order valence-corrected chi connectivity index (χ2v) is 6.43. The van der Waals surface area contributed by atoms with Crippen molar-refractivity contribution in [1.29, 1.82) is 0 Å². The van der Waals surface area contributed by atoms with Crippen LogP contribution in [0.5, 0.6) is 0 Å². The van der Waals surface area contributed by atoms with Gasteiger partial charge in [-0.05, 0) is 51.9 Å². The van der Waals surface area contributed by atoms with Crippen molar-refractivity contribution < 1.29 is 4.79 Å². The molecule has 2 aromatic rings. The summed E-state index contributed by atoms with van der Waals surface area (Å²) in [5.41, 5.74) is 1.99. The Bertz CT molecular complexity index is 651. The average molecular weight is 349 g/mol. The van der Waals surface area contributed by atoms with Crippen LogP contribution in [0.4, 0.5) is 0 Å². The Labute approximate surface area is 131 Å². The summed E-state index contributed by atoms with van der Waals surface area (Å²) < 4.78 is 2.64. The van der Waals surface area contributed by atoms with Crippen LogP contribution in [-0.4, -0.2) is 20.7 Å². The Hall–Kier alpha value is -1.69. The van der Waals surface area contributed by atoms with Crippen molar-refractivity contribution in [2.75, 3.05) is 0 Å². The van der Waals surface area contributed by atoms with E-state index in [0.29, 0.717) is 12.3 Å². The van der Waals surface area contributed by atoms with Gasteiger partial charge in [0.05, 0.1) is 18.7 Å². The maximum absolute atomic E-state index is 12.2. The molecule has 1 saturated carbocycles. The molecule has 2 aromatic heterocycles. The standard InChI is InChI=1S/C15H17BrN4O/c1-20-9-10(6-18-20)4-14(21)19-15(11-2-3-11)12-5-13(16)8-17-7-12/h5-9,11,15H,2-4H2,1H3,(H,19,21). The van der Waals surface area contributed by atoms with Gasteiger partial charge in [-0.25, -0.2) is 0 Å². The van der Waals surface area contributed by atoms with Crippen LogP contribution in [0, 0.1) is 5.92 Å². The number of aryl methyl sites for hydroxylation is 1. The highest BCUT2D eigenvalue weighted by atomic mass is 79.9. The van der Waals surface area contributed by atoms with Crippen molar-refractivity contribution in [3.8, 4) is 0 Å². The zero-order valence-corrected chi connectivity index (χ0v) is 13.4. The molecule has 1 N–H and O–H groups in total. The molecule has 6 heteroatoms. The van der Waals surface area contributed by atoms with E-state index in [4.69, 9.17) is 0 Å². The number of carbonyl (C=O) groups is 1. The Morgan fingerprint density at radius 3 is 2.90 bits per heavy atom. The SMILES string of the molecule is Cn1cc(CC(=O)NC(c2cncc(Br)c2)C2CC2)cn1. The average Bonchev–Trinajstić information content (AvgIpc) is 3.20. The first-order valence-electron chi connectivity index (χ1n) is 6.99. The van der Waals surface area contributed by atoms with E-state index in [1.807, 2.05) is 25.5 Å². The molecule has 21 heavy (non-hydrogen) atoms. The first-order chi connectivity index (χ1) is 10.1. The second kappa shape index (κ2) is 5.97. The number of halogens is 1. The van der Waals surface area contributed by atoms with E-state index < -0.39 is 0 Å². The molecule has 3 rings (SSSR count). The molecule has 0 bridgehead atoms. The smallest absolute Gasteiger partial charge is 0.225 e. The van der Waals surface area contributed by atoms with Crippen LogP contribution in [0.3, 0.4) is 0 Å². The van der Waals surface area contributed by atoms with E-state index in [0.717, 1.165) is 28.4 Å². The van der Waals surface area contributed by atoms with Crippen molar-refractivity contribution in [2.24, 2.45) is 13.0 Å². The third-order valence-electron chi connectivity index (χ3n) is 3.62. The minimum Gasteiger partial charge on any atom is -0.349 e. The van der Waals surface area contributed by atoms with Crippen LogP contribution in [0.15, 0.2) is 35.3 Å². The van der Waals surface area contributed by atoms with Gasteiger partial charge in [0.1, 0.15) is 0 Å². The Balaban J connectivity index is 1.69. The number of hydrogen-bond donors (Lipinski definition) is 1. The molecule has 0 spiro atoms. The summed E-state index contributed by atoms with van der Waals surface area (Å²) in [4.78, 5) is 16.4. The number of aromatic nitrogens is 3. The fraction of sp³-hybridized carbons (Fsp3) is 0.400. The quantitative estimate of drug-likeness (QED) is 0.902. The van der Waals surface area contributed by atoms with Crippen LogP contribution < -0.4 is 5.32 Å². The van der Waals surface area contributed by atoms with Gasteiger partial charge in [-0.1, -0.05) is 0 Å². The predicted octanol–water partition coefficient (Wildman–Crippen LogP) is 2.39. The number of nitrogens with zero attached hydrogens (tertiary/aromatic N) is 3. The summed E-state index contributed by atoms with van der Waals surface area (Å²) in [6.45, 7) is 0. The van der Waals surface area contributed by atoms with Gasteiger partial charge < -0.3 is 5.32 Å². The van der Waals surface area contributed by atoms with Crippen LogP contribution in [0.25, 0.3) is 0 Å². The van der Waals surface area contributed by atoms with Crippen molar-refractivity contribution in [1.82, 2.24) is 20.1 Å². The highest BCUT2D eigenvalue weighted by Crippen LogP contribution is 2.41. The Kier molecular flexibility index (Phi) is 4.05. The van der Waals surface area contributed by atoms with Crippen LogP contribution in [0.1, 0.15) is 30.0 Å². The molecule has 1 amide bonds. The van der Waals surface area contributed by atoms with Crippen molar-refractivity contribution in [2.45, 2.75) is 25.3 Å². The number of amides is 1. The predicted molar refractivity (Wildman–Crippen MR) is 82.5 cm³/mol. The van der Waals surface area contributed by atoms with E-state index in [-0.39, 0.29) is 11.9 Å². The van der Waals surface area contributed by atoms with Gasteiger partial charge in [-0.15, -0.1) is 0 Å². The molecule has 1 unspecified atom stereocenters. The van der Waals surface area contributed by atoms with Gasteiger partial charge in [-0.3, -0.25) is 14.5 Å². The minimum atomic E-state index is 0.0277. The molecular formula is C15H17BrN4O. The lowest BCUT2D eigenvalue weighted by Crippen LogP contribution is -2.31. The van der Waals surface area contributed by atoms with E-state index in [1.54, 1.807) is 17.1 Å². The van der Waals surface area contributed by atoms with Gasteiger partial charge >= 0.3 is 0 Å². The van der Waals surface area contributed by atoms with E-state index in [2.05, 4.69) is 31.3 Å². The number of pyridine rings is 1. The number of carbonyl (C=O) groups excluding carboxylic acids is 1. The number of nitrogens with one attached hydrogen (secondary N) is 1. The maximum atomic E-state index is 12.2. The lowest BCUT2D eigenvalue weighted by atomic mass is 10.0. The van der Waals surface area contributed by atoms with E-state index >= 15 is 0 Å². The normalized spacial score (nSPS) is 15.7. The highest BCUT2D eigenvalue weighted by molar-refractivity contribution is 9.10. The Morgan fingerprint density at radius 2 is 2.29 bits per heavy atom. The van der Waals surface area contributed by atoms with Gasteiger partial charge in [0, 0.05) is 30.1 Å². The Morgan fingerprint density at radius 1 is 1.48 bits per heavy atom. The molecule has 2 heterocycles. The maximum Gasteiger partial charge on any atom is 0.225 e. The summed E-state index contributed by atoms with van der Waals surface area (Å²) in [5, 5.41) is 7.23. The molecular weight excluding hydrogens is 332 g/mol. The molecule has 110 valence electrons. The molecule has 0 saturated heterocycles. The number of rotatable bonds is 5. The third-order valence-corrected chi connectivity index (χ3v) is 4.05. The minimum absolute atomic E-state index is 0.0277. The highest BCUT2D eigenvalue weighted by Gasteiger charge is 2.33. The number of hydrogen-bond acceptors (Lipinski definition) is 3. The third kappa shape index (κ3) is 3.69. The topological polar surface area (TPSA) is 59.8 Å². The lowest BCUT2D eigenvalue weighted by Gasteiger charge is -2.18. The largest absolute Gasteiger partial charge is 0.349 e. The zero-order valence-electron chi connectivity index (χ0n) is 11.8. The fourth-order valence-corrected chi connectivity index (χ4v) is 2.86. The van der Waals surface area contributed by atoms with E-state index in [1.165, 1.54) is 0 Å². The summed E-state index contributed by atoms with van der Waals surface area (Å²) in [6.07, 6.45) is 9.86. The molecule has 1 aliphatic carbocycles. The first-order valence-corrected chi connectivity index (χ1v) is 7.78. The molecule has 0 aliphatic heterocycles. The van der Waals surface area contributed by atoms with Crippen molar-refractivity contribution in [3.63, 3.8) is 0 Å². The van der Waals surface area contributed by atoms with E-state index in [9.17, 15) is 4.79 Å². The monoisotopic (exact) mass is 348 g/mol. The van der Waals surface area contributed by atoms with Crippen molar-refractivity contribution in [3.05, 3.63) is 46.5 Å². The zero-order chi connectivity index (χ0) is 14.8. The molecule has 0 radical (unpaired) electrons. The van der Waals surface area contributed by atoms with Crippen molar-refractivity contribution >= 4 is 21.8 Å². The summed E-state index contributed by atoms with van der Waals surface area (Å²) in [7, 11) is 1.85. The van der Waals surface area contributed by atoms with Gasteiger partial charge in [0.2, 0.25) is 5.91 Å². The van der Waals surface area contributed by atoms with Gasteiger partial charge in [-0.2, -0.15) is 5.10 Å². The molecule has 1 atom stereocenters. The van der Waals surface area contributed by atoms with Crippen LogP contribution in [0.2, 0.25) is 0 Å². The van der Waals surface area contributed by atoms with Gasteiger partial charge in [0.25, 0.3) is 0 Å². The van der Waals surface area contributed by atoms with Crippen LogP contribution in [-0.2, 0) is 18.3 Å². The molecule has 1 fully saturated rings.